The predicted octanol–water partition coefficient (Wildman–Crippen LogP) is 2.23. The smallest absolute Gasteiger partial charge is 0.220 e. The zero-order valence-electron chi connectivity index (χ0n) is 16.1. The highest BCUT2D eigenvalue weighted by molar-refractivity contribution is 5.76. The van der Waals surface area contributed by atoms with E-state index >= 15 is 0 Å². The number of ether oxygens (including phenoxy) is 2. The maximum absolute atomic E-state index is 12.4. The molecule has 1 fully saturated rings. The fourth-order valence-electron chi connectivity index (χ4n) is 3.08. The predicted molar refractivity (Wildman–Crippen MR) is 97.5 cm³/mol. The molecule has 140 valence electrons. The standard InChI is InChI=1S/C19H31N3O3/c1-13(2)8-11-25-18-12-24-10-9-17(18)20-19(23)7-6-16-14(3)21-22(5)15(16)4/h8,17-18H,6-7,9-12H2,1-5H3,(H,20,23)/t17-,18-/m1/s1. The quantitative estimate of drug-likeness (QED) is 0.767. The molecular formula is C19H31N3O3. The van der Waals surface area contributed by atoms with Gasteiger partial charge in [-0.25, -0.2) is 0 Å². The molecule has 1 aromatic heterocycles. The Morgan fingerprint density at radius 1 is 1.44 bits per heavy atom. The molecule has 1 aliphatic rings. The highest BCUT2D eigenvalue weighted by Crippen LogP contribution is 2.15. The molecule has 6 heteroatoms. The number of carbonyl (C=O) groups excluding carboxylic acids is 1. The molecule has 0 aromatic carbocycles. The molecule has 0 radical (unpaired) electrons. The Morgan fingerprint density at radius 2 is 2.20 bits per heavy atom. The van der Waals surface area contributed by atoms with E-state index in [2.05, 4.69) is 10.4 Å². The molecule has 2 atom stereocenters. The third-order valence-corrected chi connectivity index (χ3v) is 4.71. The lowest BCUT2D eigenvalue weighted by atomic mass is 10.0. The molecule has 0 aliphatic carbocycles. The maximum Gasteiger partial charge on any atom is 0.220 e. The van der Waals surface area contributed by atoms with E-state index in [1.165, 1.54) is 11.1 Å². The molecule has 0 saturated carbocycles. The zero-order chi connectivity index (χ0) is 18.4. The summed E-state index contributed by atoms with van der Waals surface area (Å²) in [5.74, 6) is 0.0605. The van der Waals surface area contributed by atoms with E-state index in [0.717, 1.165) is 17.8 Å². The summed E-state index contributed by atoms with van der Waals surface area (Å²) in [5, 5.41) is 7.54. The monoisotopic (exact) mass is 349 g/mol. The van der Waals surface area contributed by atoms with Crippen LogP contribution in [-0.4, -0.2) is 47.7 Å². The van der Waals surface area contributed by atoms with E-state index in [4.69, 9.17) is 9.47 Å². The summed E-state index contributed by atoms with van der Waals surface area (Å²) in [6.45, 7) is 9.86. The van der Waals surface area contributed by atoms with Crippen molar-refractivity contribution in [1.29, 1.82) is 0 Å². The third-order valence-electron chi connectivity index (χ3n) is 4.71. The van der Waals surface area contributed by atoms with Crippen LogP contribution in [-0.2, 0) is 27.7 Å². The Hall–Kier alpha value is -1.66. The maximum atomic E-state index is 12.4. The van der Waals surface area contributed by atoms with Crippen molar-refractivity contribution in [1.82, 2.24) is 15.1 Å². The largest absolute Gasteiger partial charge is 0.379 e. The number of hydrogen-bond acceptors (Lipinski definition) is 4. The summed E-state index contributed by atoms with van der Waals surface area (Å²) in [5.41, 5.74) is 4.52. The van der Waals surface area contributed by atoms with Gasteiger partial charge in [0.15, 0.2) is 0 Å². The average Bonchev–Trinajstić information content (AvgIpc) is 2.79. The number of allylic oxidation sites excluding steroid dienone is 1. The molecule has 1 saturated heterocycles. The van der Waals surface area contributed by atoms with Gasteiger partial charge in [0.1, 0.15) is 6.10 Å². The second kappa shape index (κ2) is 9.15. The first-order chi connectivity index (χ1) is 11.9. The highest BCUT2D eigenvalue weighted by atomic mass is 16.5. The van der Waals surface area contributed by atoms with E-state index in [9.17, 15) is 4.79 Å². The van der Waals surface area contributed by atoms with Gasteiger partial charge >= 0.3 is 0 Å². The summed E-state index contributed by atoms with van der Waals surface area (Å²) < 4.78 is 13.3. The van der Waals surface area contributed by atoms with Crippen molar-refractivity contribution in [2.75, 3.05) is 19.8 Å². The van der Waals surface area contributed by atoms with Crippen molar-refractivity contribution in [3.63, 3.8) is 0 Å². The fourth-order valence-corrected chi connectivity index (χ4v) is 3.08. The normalized spacial score (nSPS) is 20.4. The van der Waals surface area contributed by atoms with Gasteiger partial charge in [0.25, 0.3) is 0 Å². The van der Waals surface area contributed by atoms with Crippen molar-refractivity contribution in [2.24, 2.45) is 7.05 Å². The Balaban J connectivity index is 1.85. The van der Waals surface area contributed by atoms with Crippen LogP contribution in [0, 0.1) is 13.8 Å². The van der Waals surface area contributed by atoms with Gasteiger partial charge in [-0.05, 0) is 46.1 Å². The van der Waals surface area contributed by atoms with E-state index in [1.807, 2.05) is 45.5 Å². The molecule has 0 spiro atoms. The number of amides is 1. The van der Waals surface area contributed by atoms with E-state index in [0.29, 0.717) is 32.7 Å². The van der Waals surface area contributed by atoms with Gasteiger partial charge in [0.05, 0.1) is 24.9 Å². The van der Waals surface area contributed by atoms with Gasteiger partial charge < -0.3 is 14.8 Å². The molecule has 6 nitrogen and oxygen atoms in total. The van der Waals surface area contributed by atoms with Crippen LogP contribution in [0.5, 0.6) is 0 Å². The molecule has 2 rings (SSSR count). The number of nitrogens with zero attached hydrogens (tertiary/aromatic N) is 2. The Morgan fingerprint density at radius 3 is 2.84 bits per heavy atom. The van der Waals surface area contributed by atoms with Crippen molar-refractivity contribution in [3.05, 3.63) is 28.6 Å². The third kappa shape index (κ3) is 5.68. The molecule has 0 bridgehead atoms. The van der Waals surface area contributed by atoms with Gasteiger partial charge in [-0.15, -0.1) is 0 Å². The Kier molecular flexibility index (Phi) is 7.20. The Labute approximate surface area is 150 Å². The molecule has 0 unspecified atom stereocenters. The van der Waals surface area contributed by atoms with Crippen LogP contribution in [0.2, 0.25) is 0 Å². The lowest BCUT2D eigenvalue weighted by Crippen LogP contribution is -2.50. The number of carbonyl (C=O) groups is 1. The summed E-state index contributed by atoms with van der Waals surface area (Å²) >= 11 is 0. The van der Waals surface area contributed by atoms with Crippen molar-refractivity contribution < 1.29 is 14.3 Å². The van der Waals surface area contributed by atoms with Crippen LogP contribution in [0.3, 0.4) is 0 Å². The molecule has 1 aromatic rings. The molecule has 25 heavy (non-hydrogen) atoms. The minimum Gasteiger partial charge on any atom is -0.379 e. The number of aromatic nitrogens is 2. The molecule has 1 amide bonds. The average molecular weight is 349 g/mol. The fraction of sp³-hybridized carbons (Fsp3) is 0.684. The van der Waals surface area contributed by atoms with Crippen molar-refractivity contribution in [2.45, 2.75) is 59.1 Å². The zero-order valence-corrected chi connectivity index (χ0v) is 16.1. The minimum absolute atomic E-state index is 0.0166. The topological polar surface area (TPSA) is 65.4 Å². The lowest BCUT2D eigenvalue weighted by molar-refractivity contribution is -0.125. The molecule has 1 aliphatic heterocycles. The van der Waals surface area contributed by atoms with Crippen LogP contribution in [0.25, 0.3) is 0 Å². The van der Waals surface area contributed by atoms with Crippen LogP contribution in [0.1, 0.15) is 43.6 Å². The molecule has 1 N–H and O–H groups in total. The van der Waals surface area contributed by atoms with Crippen molar-refractivity contribution >= 4 is 5.91 Å². The van der Waals surface area contributed by atoms with E-state index in [1.54, 1.807) is 0 Å². The second-order valence-corrected chi connectivity index (χ2v) is 6.96. The number of nitrogens with one attached hydrogen (secondary N) is 1. The van der Waals surface area contributed by atoms with Gasteiger partial charge in [0.2, 0.25) is 5.91 Å². The lowest BCUT2D eigenvalue weighted by Gasteiger charge is -2.32. The number of aryl methyl sites for hydroxylation is 2. The van der Waals surface area contributed by atoms with Crippen molar-refractivity contribution in [3.8, 4) is 0 Å². The van der Waals surface area contributed by atoms with Crippen LogP contribution in [0.15, 0.2) is 11.6 Å². The molecular weight excluding hydrogens is 318 g/mol. The van der Waals surface area contributed by atoms with Crippen LogP contribution >= 0.6 is 0 Å². The summed E-state index contributed by atoms with van der Waals surface area (Å²) in [7, 11) is 1.93. The number of rotatable bonds is 7. The van der Waals surface area contributed by atoms with Gasteiger partial charge in [0, 0.05) is 25.8 Å². The first kappa shape index (κ1) is 19.7. The van der Waals surface area contributed by atoms with E-state index < -0.39 is 0 Å². The first-order valence-corrected chi connectivity index (χ1v) is 8.99. The Bertz CT molecular complexity index is 618. The van der Waals surface area contributed by atoms with Gasteiger partial charge in [-0.2, -0.15) is 5.10 Å². The summed E-state index contributed by atoms with van der Waals surface area (Å²) in [4.78, 5) is 12.4. The minimum atomic E-state index is -0.0878. The summed E-state index contributed by atoms with van der Waals surface area (Å²) in [6, 6.07) is 0.0166. The van der Waals surface area contributed by atoms with Crippen LogP contribution in [0.4, 0.5) is 0 Å². The molecule has 2 heterocycles. The second-order valence-electron chi connectivity index (χ2n) is 6.96. The number of hydrogen-bond donors (Lipinski definition) is 1. The summed E-state index contributed by atoms with van der Waals surface area (Å²) in [6.07, 6.45) is 3.92. The van der Waals surface area contributed by atoms with E-state index in [-0.39, 0.29) is 18.1 Å². The van der Waals surface area contributed by atoms with Gasteiger partial charge in [-0.1, -0.05) is 11.6 Å². The van der Waals surface area contributed by atoms with Crippen LogP contribution < -0.4 is 5.32 Å². The first-order valence-electron chi connectivity index (χ1n) is 8.99. The highest BCUT2D eigenvalue weighted by Gasteiger charge is 2.27. The SMILES string of the molecule is CC(C)=CCO[C@@H]1COCC[C@H]1NC(=O)CCc1c(C)nn(C)c1C. The van der Waals surface area contributed by atoms with Gasteiger partial charge in [-0.3, -0.25) is 9.48 Å².